The molecule has 0 bridgehead atoms. The maximum absolute atomic E-state index is 9.52. The van der Waals surface area contributed by atoms with Crippen LogP contribution in [0.3, 0.4) is 0 Å². The Bertz CT molecular complexity index is 522. The van der Waals surface area contributed by atoms with Crippen molar-refractivity contribution in [1.29, 1.82) is 0 Å². The van der Waals surface area contributed by atoms with Crippen molar-refractivity contribution in [3.8, 4) is 0 Å². The van der Waals surface area contributed by atoms with Crippen LogP contribution in [0.2, 0.25) is 0 Å². The molecule has 1 aliphatic heterocycles. The fraction of sp³-hybridized carbons (Fsp3) is 0.438. The van der Waals surface area contributed by atoms with Crippen molar-refractivity contribution in [2.45, 2.75) is 24.9 Å². The molecule has 0 amide bonds. The molecule has 0 radical (unpaired) electrons. The first-order valence-corrected chi connectivity index (χ1v) is 7.43. The van der Waals surface area contributed by atoms with Crippen molar-refractivity contribution in [1.82, 2.24) is 10.3 Å². The first kappa shape index (κ1) is 14.1. The maximum atomic E-state index is 9.52. The van der Waals surface area contributed by atoms with Gasteiger partial charge in [0.25, 0.3) is 0 Å². The third-order valence-electron chi connectivity index (χ3n) is 3.97. The van der Waals surface area contributed by atoms with E-state index in [4.69, 9.17) is 4.42 Å². The van der Waals surface area contributed by atoms with Gasteiger partial charge in [0, 0.05) is 25.3 Å². The number of nitrogens with one attached hydrogen (secondary N) is 1. The standard InChI is InChI=1S/C16H21N3O2/c20-12-14(15-4-3-11-21-15)18-13-6-9-19(10-7-13)16-5-1-2-8-17-16/h1-5,8,11,13-14,18,20H,6-7,9-10,12H2. The van der Waals surface area contributed by atoms with E-state index in [1.165, 1.54) is 0 Å². The summed E-state index contributed by atoms with van der Waals surface area (Å²) < 4.78 is 5.38. The highest BCUT2D eigenvalue weighted by atomic mass is 16.3. The summed E-state index contributed by atoms with van der Waals surface area (Å²) in [4.78, 5) is 6.70. The average molecular weight is 287 g/mol. The van der Waals surface area contributed by atoms with Gasteiger partial charge in [-0.1, -0.05) is 6.07 Å². The average Bonchev–Trinajstić information content (AvgIpc) is 3.08. The Labute approximate surface area is 124 Å². The molecule has 0 spiro atoms. The van der Waals surface area contributed by atoms with Gasteiger partial charge in [-0.15, -0.1) is 0 Å². The Morgan fingerprint density at radius 2 is 2.14 bits per heavy atom. The summed E-state index contributed by atoms with van der Waals surface area (Å²) in [6.07, 6.45) is 5.54. The van der Waals surface area contributed by atoms with Crippen molar-refractivity contribution in [3.63, 3.8) is 0 Å². The third-order valence-corrected chi connectivity index (χ3v) is 3.97. The SMILES string of the molecule is OCC(NC1CCN(c2ccccn2)CC1)c1ccco1. The minimum atomic E-state index is -0.119. The lowest BCUT2D eigenvalue weighted by Gasteiger charge is -2.34. The Balaban J connectivity index is 1.54. The molecule has 1 fully saturated rings. The minimum absolute atomic E-state index is 0.0496. The maximum Gasteiger partial charge on any atom is 0.128 e. The molecule has 2 aromatic heterocycles. The summed E-state index contributed by atoms with van der Waals surface area (Å²) in [5.41, 5.74) is 0. The first-order valence-electron chi connectivity index (χ1n) is 7.43. The summed E-state index contributed by atoms with van der Waals surface area (Å²) >= 11 is 0. The molecule has 0 aliphatic carbocycles. The number of nitrogens with zero attached hydrogens (tertiary/aromatic N) is 2. The number of rotatable bonds is 5. The molecule has 0 aromatic carbocycles. The van der Waals surface area contributed by atoms with Crippen LogP contribution in [-0.2, 0) is 0 Å². The molecule has 1 saturated heterocycles. The van der Waals surface area contributed by atoms with E-state index >= 15 is 0 Å². The smallest absolute Gasteiger partial charge is 0.128 e. The van der Waals surface area contributed by atoms with E-state index in [0.717, 1.165) is 37.5 Å². The van der Waals surface area contributed by atoms with E-state index in [2.05, 4.69) is 15.2 Å². The molecule has 3 heterocycles. The summed E-state index contributed by atoms with van der Waals surface area (Å²) in [6.45, 7) is 2.00. The molecule has 5 nitrogen and oxygen atoms in total. The van der Waals surface area contributed by atoms with Gasteiger partial charge in [0.05, 0.1) is 18.9 Å². The fourth-order valence-corrected chi connectivity index (χ4v) is 2.81. The lowest BCUT2D eigenvalue weighted by atomic mass is 10.0. The molecule has 2 N–H and O–H groups in total. The van der Waals surface area contributed by atoms with Gasteiger partial charge in [-0.2, -0.15) is 0 Å². The molecule has 0 saturated carbocycles. The van der Waals surface area contributed by atoms with Crippen LogP contribution in [0.25, 0.3) is 0 Å². The number of aliphatic hydroxyl groups is 1. The van der Waals surface area contributed by atoms with Crippen LogP contribution in [0.15, 0.2) is 47.2 Å². The summed E-state index contributed by atoms with van der Waals surface area (Å²) in [6, 6.07) is 10.0. The monoisotopic (exact) mass is 287 g/mol. The van der Waals surface area contributed by atoms with Crippen LogP contribution in [-0.4, -0.2) is 35.8 Å². The summed E-state index contributed by atoms with van der Waals surface area (Å²) in [5, 5.41) is 13.0. The Morgan fingerprint density at radius 3 is 2.76 bits per heavy atom. The van der Waals surface area contributed by atoms with Crippen molar-refractivity contribution < 1.29 is 9.52 Å². The van der Waals surface area contributed by atoms with Gasteiger partial charge in [-0.25, -0.2) is 4.98 Å². The zero-order chi connectivity index (χ0) is 14.5. The largest absolute Gasteiger partial charge is 0.468 e. The number of aliphatic hydroxyl groups excluding tert-OH is 1. The number of anilines is 1. The second kappa shape index (κ2) is 6.74. The van der Waals surface area contributed by atoms with Gasteiger partial charge in [0.2, 0.25) is 0 Å². The zero-order valence-corrected chi connectivity index (χ0v) is 12.0. The molecular weight excluding hydrogens is 266 g/mol. The lowest BCUT2D eigenvalue weighted by molar-refractivity contribution is 0.207. The van der Waals surface area contributed by atoms with Crippen LogP contribution in [0.5, 0.6) is 0 Å². The number of piperidine rings is 1. The number of aromatic nitrogens is 1. The van der Waals surface area contributed by atoms with Crippen LogP contribution >= 0.6 is 0 Å². The normalized spacial score (nSPS) is 17.9. The van der Waals surface area contributed by atoms with Crippen molar-refractivity contribution in [2.24, 2.45) is 0 Å². The molecule has 2 aromatic rings. The third kappa shape index (κ3) is 3.43. The topological polar surface area (TPSA) is 61.5 Å². The first-order chi connectivity index (χ1) is 10.4. The number of furan rings is 1. The Kier molecular flexibility index (Phi) is 4.52. The summed E-state index contributed by atoms with van der Waals surface area (Å²) in [5.74, 6) is 1.84. The molecule has 1 aliphatic rings. The number of hydrogen-bond donors (Lipinski definition) is 2. The zero-order valence-electron chi connectivity index (χ0n) is 12.0. The summed E-state index contributed by atoms with van der Waals surface area (Å²) in [7, 11) is 0. The molecule has 1 atom stereocenters. The van der Waals surface area contributed by atoms with E-state index < -0.39 is 0 Å². The fourth-order valence-electron chi connectivity index (χ4n) is 2.81. The molecule has 5 heteroatoms. The number of hydrogen-bond acceptors (Lipinski definition) is 5. The Hall–Kier alpha value is -1.85. The highest BCUT2D eigenvalue weighted by molar-refractivity contribution is 5.38. The van der Waals surface area contributed by atoms with Crippen LogP contribution in [0, 0.1) is 0 Å². The molecule has 1 unspecified atom stereocenters. The van der Waals surface area contributed by atoms with Gasteiger partial charge in [0.1, 0.15) is 11.6 Å². The molecule has 112 valence electrons. The highest BCUT2D eigenvalue weighted by Gasteiger charge is 2.23. The Morgan fingerprint density at radius 1 is 1.29 bits per heavy atom. The van der Waals surface area contributed by atoms with E-state index in [1.54, 1.807) is 6.26 Å². The van der Waals surface area contributed by atoms with Gasteiger partial charge < -0.3 is 19.7 Å². The van der Waals surface area contributed by atoms with E-state index in [1.807, 2.05) is 36.5 Å². The van der Waals surface area contributed by atoms with Gasteiger partial charge in [0.15, 0.2) is 0 Å². The molecule has 3 rings (SSSR count). The van der Waals surface area contributed by atoms with E-state index in [0.29, 0.717) is 6.04 Å². The second-order valence-corrected chi connectivity index (χ2v) is 5.37. The van der Waals surface area contributed by atoms with Gasteiger partial charge in [-0.05, 0) is 37.1 Å². The van der Waals surface area contributed by atoms with Crippen molar-refractivity contribution in [2.75, 3.05) is 24.6 Å². The second-order valence-electron chi connectivity index (χ2n) is 5.37. The minimum Gasteiger partial charge on any atom is -0.468 e. The van der Waals surface area contributed by atoms with E-state index in [9.17, 15) is 5.11 Å². The lowest BCUT2D eigenvalue weighted by Crippen LogP contribution is -2.44. The van der Waals surface area contributed by atoms with Crippen LogP contribution in [0.1, 0.15) is 24.6 Å². The predicted octanol–water partition coefficient (Wildman–Crippen LogP) is 1.97. The van der Waals surface area contributed by atoms with Crippen molar-refractivity contribution in [3.05, 3.63) is 48.6 Å². The van der Waals surface area contributed by atoms with Gasteiger partial charge >= 0.3 is 0 Å². The molecule has 21 heavy (non-hydrogen) atoms. The molecular formula is C16H21N3O2. The van der Waals surface area contributed by atoms with Crippen molar-refractivity contribution >= 4 is 5.82 Å². The number of pyridine rings is 1. The van der Waals surface area contributed by atoms with Gasteiger partial charge in [-0.3, -0.25) is 0 Å². The quantitative estimate of drug-likeness (QED) is 0.880. The predicted molar refractivity (Wildman–Crippen MR) is 81.1 cm³/mol. The highest BCUT2D eigenvalue weighted by Crippen LogP contribution is 2.20. The van der Waals surface area contributed by atoms with E-state index in [-0.39, 0.29) is 12.6 Å². The van der Waals surface area contributed by atoms with Crippen LogP contribution in [0.4, 0.5) is 5.82 Å². The van der Waals surface area contributed by atoms with Crippen LogP contribution < -0.4 is 10.2 Å².